The predicted molar refractivity (Wildman–Crippen MR) is 104 cm³/mol. The molecular formula is C22H25NO3. The summed E-state index contributed by atoms with van der Waals surface area (Å²) in [5.41, 5.74) is 5.08. The van der Waals surface area contributed by atoms with E-state index in [4.69, 9.17) is 9.15 Å². The molecule has 0 amide bonds. The van der Waals surface area contributed by atoms with Gasteiger partial charge in [-0.25, -0.2) is 9.78 Å². The Kier molecular flexibility index (Phi) is 4.86. The fraction of sp³-hybridized carbons (Fsp3) is 0.364. The van der Waals surface area contributed by atoms with Crippen molar-refractivity contribution in [3.8, 4) is 11.6 Å². The topological polar surface area (TPSA) is 52.3 Å². The largest absolute Gasteiger partial charge is 0.435 e. The molecule has 3 rings (SSSR count). The third-order valence-corrected chi connectivity index (χ3v) is 4.80. The Morgan fingerprint density at radius 1 is 1.08 bits per heavy atom. The number of pyridine rings is 1. The molecule has 0 radical (unpaired) electrons. The molecule has 0 bridgehead atoms. The highest BCUT2D eigenvalue weighted by Crippen LogP contribution is 2.35. The predicted octanol–water partition coefficient (Wildman–Crippen LogP) is 5.73. The Morgan fingerprint density at radius 3 is 2.35 bits per heavy atom. The minimum Gasteiger partial charge on any atom is -0.435 e. The van der Waals surface area contributed by atoms with E-state index in [1.807, 2.05) is 26.8 Å². The second-order valence-electron chi connectivity index (χ2n) is 7.11. The van der Waals surface area contributed by atoms with Gasteiger partial charge in [-0.2, -0.15) is 0 Å². The van der Waals surface area contributed by atoms with E-state index >= 15 is 0 Å². The van der Waals surface area contributed by atoms with E-state index in [-0.39, 0.29) is 11.5 Å². The molecule has 0 saturated heterocycles. The van der Waals surface area contributed by atoms with Crippen LogP contribution in [-0.4, -0.2) is 4.98 Å². The van der Waals surface area contributed by atoms with Crippen LogP contribution in [0, 0.1) is 27.7 Å². The summed E-state index contributed by atoms with van der Waals surface area (Å²) in [5, 5.41) is 0.892. The molecule has 0 fully saturated rings. The second-order valence-corrected chi connectivity index (χ2v) is 7.11. The Hall–Kier alpha value is -2.62. The molecule has 0 aliphatic heterocycles. The molecule has 0 spiro atoms. The van der Waals surface area contributed by atoms with Crippen LogP contribution in [-0.2, 0) is 0 Å². The number of fused-ring (bicyclic) bond motifs is 1. The number of rotatable bonds is 4. The van der Waals surface area contributed by atoms with Crippen LogP contribution in [0.3, 0.4) is 0 Å². The van der Waals surface area contributed by atoms with E-state index < -0.39 is 0 Å². The van der Waals surface area contributed by atoms with Gasteiger partial charge >= 0.3 is 5.63 Å². The van der Waals surface area contributed by atoms with Gasteiger partial charge in [0.25, 0.3) is 5.88 Å². The Balaban J connectivity index is 2.24. The number of hydrogen-bond donors (Lipinski definition) is 0. The molecule has 26 heavy (non-hydrogen) atoms. The molecule has 4 nitrogen and oxygen atoms in total. The van der Waals surface area contributed by atoms with E-state index in [0.29, 0.717) is 11.5 Å². The third kappa shape index (κ3) is 3.36. The van der Waals surface area contributed by atoms with Crippen molar-refractivity contribution in [3.05, 3.63) is 62.6 Å². The summed E-state index contributed by atoms with van der Waals surface area (Å²) in [6.07, 6.45) is 0.937. The van der Waals surface area contributed by atoms with Gasteiger partial charge < -0.3 is 9.15 Å². The van der Waals surface area contributed by atoms with Crippen molar-refractivity contribution in [1.29, 1.82) is 0 Å². The fourth-order valence-corrected chi connectivity index (χ4v) is 3.40. The van der Waals surface area contributed by atoms with E-state index in [0.717, 1.165) is 39.9 Å². The van der Waals surface area contributed by atoms with Crippen LogP contribution in [0.5, 0.6) is 11.6 Å². The molecule has 3 aromatic rings. The fourth-order valence-electron chi connectivity index (χ4n) is 3.40. The average molecular weight is 351 g/mol. The number of nitrogens with zero attached hydrogens (tertiary/aromatic N) is 1. The van der Waals surface area contributed by atoms with Crippen molar-refractivity contribution in [2.45, 2.75) is 53.9 Å². The summed E-state index contributed by atoms with van der Waals surface area (Å²) in [7, 11) is 0. The molecule has 1 aromatic carbocycles. The summed E-state index contributed by atoms with van der Waals surface area (Å²) in [4.78, 5) is 16.7. The van der Waals surface area contributed by atoms with Crippen molar-refractivity contribution in [2.24, 2.45) is 0 Å². The lowest BCUT2D eigenvalue weighted by molar-refractivity contribution is 0.440. The molecule has 4 heteroatoms. The van der Waals surface area contributed by atoms with Crippen LogP contribution in [0.4, 0.5) is 0 Å². The minimum atomic E-state index is -0.374. The maximum Gasteiger partial charge on any atom is 0.336 e. The quantitative estimate of drug-likeness (QED) is 0.602. The number of aromatic nitrogens is 1. The van der Waals surface area contributed by atoms with E-state index in [2.05, 4.69) is 37.9 Å². The molecule has 2 heterocycles. The Bertz CT molecular complexity index is 1010. The van der Waals surface area contributed by atoms with Crippen molar-refractivity contribution in [2.75, 3.05) is 0 Å². The van der Waals surface area contributed by atoms with Gasteiger partial charge in [0.15, 0.2) is 0 Å². The van der Waals surface area contributed by atoms with Crippen LogP contribution < -0.4 is 10.4 Å². The van der Waals surface area contributed by atoms with E-state index in [1.165, 1.54) is 5.56 Å². The Morgan fingerprint density at radius 2 is 1.73 bits per heavy atom. The molecular weight excluding hydrogens is 326 g/mol. The maximum absolute atomic E-state index is 12.1. The highest BCUT2D eigenvalue weighted by atomic mass is 16.5. The van der Waals surface area contributed by atoms with Crippen molar-refractivity contribution < 1.29 is 9.15 Å². The van der Waals surface area contributed by atoms with Crippen molar-refractivity contribution in [3.63, 3.8) is 0 Å². The summed E-state index contributed by atoms with van der Waals surface area (Å²) < 4.78 is 11.7. The van der Waals surface area contributed by atoms with E-state index in [9.17, 15) is 4.79 Å². The standard InChI is InChI=1S/C22H25NO3/c1-7-13(3)17-11-19(24)25-21-18(17)10-16(6)23-22(21)26-20-14(4)8-12(2)9-15(20)5/h8-11,13H,7H2,1-6H3. The molecule has 2 aromatic heterocycles. The number of hydrogen-bond acceptors (Lipinski definition) is 4. The van der Waals surface area contributed by atoms with Gasteiger partial charge in [0.05, 0.1) is 0 Å². The highest BCUT2D eigenvalue weighted by Gasteiger charge is 2.18. The van der Waals surface area contributed by atoms with Gasteiger partial charge in [-0.1, -0.05) is 31.5 Å². The lowest BCUT2D eigenvalue weighted by Crippen LogP contribution is -2.05. The molecule has 0 N–H and O–H groups in total. The van der Waals surface area contributed by atoms with Crippen molar-refractivity contribution >= 4 is 11.0 Å². The second kappa shape index (κ2) is 6.94. The van der Waals surface area contributed by atoms with Crippen molar-refractivity contribution in [1.82, 2.24) is 4.98 Å². The average Bonchev–Trinajstić information content (AvgIpc) is 2.57. The van der Waals surface area contributed by atoms with E-state index in [1.54, 1.807) is 6.07 Å². The van der Waals surface area contributed by atoms with Crippen LogP contribution in [0.15, 0.2) is 33.5 Å². The van der Waals surface area contributed by atoms with Gasteiger partial charge in [0.1, 0.15) is 5.75 Å². The van der Waals surface area contributed by atoms with Crippen LogP contribution >= 0.6 is 0 Å². The normalized spacial score (nSPS) is 12.4. The monoisotopic (exact) mass is 351 g/mol. The van der Waals surface area contributed by atoms with Crippen LogP contribution in [0.1, 0.15) is 54.1 Å². The lowest BCUT2D eigenvalue weighted by Gasteiger charge is -2.16. The zero-order valence-corrected chi connectivity index (χ0v) is 16.3. The molecule has 0 aliphatic rings. The summed E-state index contributed by atoms with van der Waals surface area (Å²) >= 11 is 0. The lowest BCUT2D eigenvalue weighted by atomic mass is 9.96. The number of benzene rings is 1. The van der Waals surface area contributed by atoms with Gasteiger partial charge in [-0.05, 0) is 62.8 Å². The zero-order chi connectivity index (χ0) is 19.0. The SMILES string of the molecule is CCC(C)c1cc(=O)oc2c(Oc3c(C)cc(C)cc3C)nc(C)cc12. The number of aryl methyl sites for hydroxylation is 4. The molecule has 0 aliphatic carbocycles. The van der Waals surface area contributed by atoms with Gasteiger partial charge in [-0.3, -0.25) is 0 Å². The summed E-state index contributed by atoms with van der Waals surface area (Å²) in [6.45, 7) is 12.2. The molecule has 1 unspecified atom stereocenters. The summed E-state index contributed by atoms with van der Waals surface area (Å²) in [6, 6.07) is 7.69. The smallest absolute Gasteiger partial charge is 0.336 e. The van der Waals surface area contributed by atoms with Gasteiger partial charge in [0.2, 0.25) is 5.58 Å². The van der Waals surface area contributed by atoms with Gasteiger partial charge in [0, 0.05) is 17.1 Å². The molecule has 136 valence electrons. The van der Waals surface area contributed by atoms with Crippen LogP contribution in [0.2, 0.25) is 0 Å². The maximum atomic E-state index is 12.1. The zero-order valence-electron chi connectivity index (χ0n) is 16.3. The first-order valence-electron chi connectivity index (χ1n) is 9.01. The minimum absolute atomic E-state index is 0.249. The third-order valence-electron chi connectivity index (χ3n) is 4.80. The first kappa shape index (κ1) is 18.2. The van der Waals surface area contributed by atoms with Crippen LogP contribution in [0.25, 0.3) is 11.0 Å². The first-order valence-corrected chi connectivity index (χ1v) is 9.01. The first-order chi connectivity index (χ1) is 12.3. The molecule has 0 saturated carbocycles. The highest BCUT2D eigenvalue weighted by molar-refractivity contribution is 5.85. The Labute approximate surface area is 153 Å². The summed E-state index contributed by atoms with van der Waals surface area (Å²) in [5.74, 6) is 1.35. The molecule has 1 atom stereocenters. The van der Waals surface area contributed by atoms with Gasteiger partial charge in [-0.15, -0.1) is 0 Å². The number of ether oxygens (including phenoxy) is 1.